The summed E-state index contributed by atoms with van der Waals surface area (Å²) in [6.45, 7) is 23.2. The maximum absolute atomic E-state index is 13.4. The van der Waals surface area contributed by atoms with Crippen molar-refractivity contribution in [2.24, 2.45) is 7.05 Å². The van der Waals surface area contributed by atoms with E-state index in [1.54, 1.807) is 16.0 Å². The fourth-order valence-corrected chi connectivity index (χ4v) is 8.25. The minimum absolute atomic E-state index is 0.0174. The fraction of sp³-hybridized carbons (Fsp3) is 0.611. The highest BCUT2D eigenvalue weighted by atomic mass is 32.1. The van der Waals surface area contributed by atoms with E-state index in [9.17, 15) is 4.79 Å². The average Bonchev–Trinajstić information content (AvgIpc) is 3.79. The van der Waals surface area contributed by atoms with Gasteiger partial charge in [-0.2, -0.15) is 14.7 Å². The maximum Gasteiger partial charge on any atom is 0.410 e. The summed E-state index contributed by atoms with van der Waals surface area (Å²) in [5, 5.41) is 11.6. The number of fused-ring (bicyclic) bond motifs is 1. The third-order valence-corrected chi connectivity index (χ3v) is 13.0. The fourth-order valence-electron chi connectivity index (χ4n) is 5.96. The Kier molecular flexibility index (Phi) is 12.0. The number of ether oxygens (including phenoxy) is 3. The third-order valence-electron chi connectivity index (χ3n) is 8.68. The molecule has 0 spiro atoms. The highest BCUT2D eigenvalue weighted by molar-refractivity contribution is 7.13. The summed E-state index contributed by atoms with van der Waals surface area (Å²) in [6, 6.07) is 6.37. The summed E-state index contributed by atoms with van der Waals surface area (Å²) in [5.74, 6) is 0.870. The van der Waals surface area contributed by atoms with Crippen LogP contribution < -0.4 is 4.90 Å². The highest BCUT2D eigenvalue weighted by Gasteiger charge is 2.34. The first-order valence-electron chi connectivity index (χ1n) is 17.8. The van der Waals surface area contributed by atoms with Crippen molar-refractivity contribution in [3.8, 4) is 21.6 Å². The third kappa shape index (κ3) is 10.1. The van der Waals surface area contributed by atoms with Crippen molar-refractivity contribution in [2.45, 2.75) is 96.5 Å². The van der Waals surface area contributed by atoms with Crippen LogP contribution in [0, 0.1) is 0 Å². The largest absolute Gasteiger partial charge is 0.444 e. The molecule has 5 rings (SSSR count). The van der Waals surface area contributed by atoms with E-state index in [-0.39, 0.29) is 12.0 Å². The number of aromatic nitrogens is 5. The zero-order chi connectivity index (χ0) is 36.3. The van der Waals surface area contributed by atoms with Crippen LogP contribution in [0.1, 0.15) is 45.2 Å². The molecular weight excluding hydrogens is 683 g/mol. The van der Waals surface area contributed by atoms with E-state index in [4.69, 9.17) is 24.3 Å². The summed E-state index contributed by atoms with van der Waals surface area (Å²) >= 11 is 1.68. The normalized spacial score (nSPS) is 16.0. The van der Waals surface area contributed by atoms with E-state index < -0.39 is 21.7 Å². The molecule has 11 nitrogen and oxygen atoms in total. The Morgan fingerprint density at radius 2 is 1.70 bits per heavy atom. The number of carbonyl (C=O) groups excluding carboxylic acids is 1. The van der Waals surface area contributed by atoms with Crippen molar-refractivity contribution in [1.82, 2.24) is 29.3 Å². The molecule has 0 bridgehead atoms. The molecule has 1 unspecified atom stereocenters. The van der Waals surface area contributed by atoms with Crippen LogP contribution in [0.25, 0.3) is 27.2 Å². The first-order chi connectivity index (χ1) is 23.5. The van der Waals surface area contributed by atoms with Crippen molar-refractivity contribution in [3.05, 3.63) is 41.8 Å². The lowest BCUT2D eigenvalue weighted by molar-refractivity contribution is 0.0197. The zero-order valence-electron chi connectivity index (χ0n) is 31.8. The molecule has 0 aliphatic carbocycles. The zero-order valence-corrected chi connectivity index (χ0v) is 34.6. The Hall–Kier alpha value is -3.05. The molecule has 1 atom stereocenters. The number of hydrogen-bond donors (Lipinski definition) is 0. The van der Waals surface area contributed by atoms with Crippen LogP contribution in [0.2, 0.25) is 51.4 Å². The van der Waals surface area contributed by atoms with Crippen LogP contribution >= 0.6 is 11.3 Å². The Balaban J connectivity index is 1.66. The van der Waals surface area contributed by atoms with Crippen LogP contribution in [0.3, 0.4) is 0 Å². The van der Waals surface area contributed by atoms with Crippen molar-refractivity contribution < 1.29 is 19.0 Å². The number of likely N-dealkylation sites (tertiary alicyclic amines) is 1. The second kappa shape index (κ2) is 15.7. The van der Waals surface area contributed by atoms with Gasteiger partial charge in [-0.3, -0.25) is 4.68 Å². The molecule has 1 amide bonds. The van der Waals surface area contributed by atoms with E-state index in [2.05, 4.69) is 66.8 Å². The number of nitrogens with zero attached hydrogens (tertiary/aromatic N) is 7. The molecule has 1 saturated heterocycles. The Labute approximate surface area is 303 Å². The van der Waals surface area contributed by atoms with Gasteiger partial charge in [-0.15, -0.1) is 11.3 Å². The van der Waals surface area contributed by atoms with Gasteiger partial charge in [-0.05, 0) is 57.1 Å². The summed E-state index contributed by atoms with van der Waals surface area (Å²) in [5.41, 5.74) is 3.97. The number of piperidine rings is 1. The van der Waals surface area contributed by atoms with Crippen molar-refractivity contribution in [2.75, 3.05) is 44.7 Å². The maximum atomic E-state index is 13.4. The van der Waals surface area contributed by atoms with Crippen LogP contribution in [0.15, 0.2) is 36.1 Å². The van der Waals surface area contributed by atoms with Crippen LogP contribution in [-0.4, -0.2) is 96.9 Å². The van der Waals surface area contributed by atoms with E-state index in [1.807, 2.05) is 55.8 Å². The summed E-state index contributed by atoms with van der Waals surface area (Å²) in [7, 11) is -0.684. The molecule has 0 saturated carbocycles. The van der Waals surface area contributed by atoms with Crippen molar-refractivity contribution in [3.63, 3.8) is 0 Å². The van der Waals surface area contributed by atoms with E-state index in [1.165, 1.54) is 0 Å². The van der Waals surface area contributed by atoms with Gasteiger partial charge in [0.05, 0.1) is 23.7 Å². The molecule has 0 N–H and O–H groups in total. The monoisotopic (exact) mass is 739 g/mol. The molecule has 274 valence electrons. The van der Waals surface area contributed by atoms with Gasteiger partial charge in [0.2, 0.25) is 0 Å². The van der Waals surface area contributed by atoms with Gasteiger partial charge in [-0.1, -0.05) is 45.3 Å². The quantitative estimate of drug-likeness (QED) is 0.0723. The van der Waals surface area contributed by atoms with Crippen LogP contribution in [0.5, 0.6) is 0 Å². The molecule has 4 aromatic rings. The van der Waals surface area contributed by atoms with Crippen LogP contribution in [-0.2, 0) is 21.3 Å². The summed E-state index contributed by atoms with van der Waals surface area (Å²) in [6.07, 6.45) is 7.20. The number of rotatable bonds is 14. The number of carbonyl (C=O) groups is 1. The van der Waals surface area contributed by atoms with Gasteiger partial charge in [0.15, 0.2) is 5.65 Å². The first kappa shape index (κ1) is 38.2. The number of thiophene rings is 1. The van der Waals surface area contributed by atoms with Crippen LogP contribution in [0.4, 0.5) is 10.6 Å². The van der Waals surface area contributed by atoms with Crippen molar-refractivity contribution >= 4 is 45.0 Å². The predicted octanol–water partition coefficient (Wildman–Crippen LogP) is 8.40. The SMILES string of the molecule is Cn1cc(-c2cnn3c(N(COCC[Si](C)(C)C)COCC[Si](C)(C)C)c(-c4cccs4)c(C4CCCN(C(=O)OC(C)(C)C)C4)nc23)cn1. The van der Waals surface area contributed by atoms with Gasteiger partial charge >= 0.3 is 6.09 Å². The Morgan fingerprint density at radius 3 is 2.26 bits per heavy atom. The molecule has 0 radical (unpaired) electrons. The summed E-state index contributed by atoms with van der Waals surface area (Å²) in [4.78, 5) is 23.9. The lowest BCUT2D eigenvalue weighted by Gasteiger charge is -2.35. The minimum atomic E-state index is -1.30. The summed E-state index contributed by atoms with van der Waals surface area (Å²) < 4.78 is 22.5. The van der Waals surface area contributed by atoms with Gasteiger partial charge in [0, 0.05) is 77.6 Å². The number of aryl methyl sites for hydroxylation is 1. The van der Waals surface area contributed by atoms with E-state index in [0.717, 1.165) is 63.7 Å². The second-order valence-corrected chi connectivity index (χ2v) is 29.1. The van der Waals surface area contributed by atoms with Gasteiger partial charge in [-0.25, -0.2) is 9.78 Å². The lowest BCUT2D eigenvalue weighted by Crippen LogP contribution is -2.42. The molecule has 14 heteroatoms. The topological polar surface area (TPSA) is 99.3 Å². The molecule has 1 aliphatic heterocycles. The predicted molar refractivity (Wildman–Crippen MR) is 209 cm³/mol. The molecule has 0 aromatic carbocycles. The molecule has 5 heterocycles. The van der Waals surface area contributed by atoms with Gasteiger partial charge < -0.3 is 24.0 Å². The molecule has 50 heavy (non-hydrogen) atoms. The molecule has 1 aliphatic rings. The van der Waals surface area contributed by atoms with E-state index in [0.29, 0.717) is 39.8 Å². The average molecular weight is 740 g/mol. The Bertz CT molecular complexity index is 1700. The molecule has 4 aromatic heterocycles. The second-order valence-electron chi connectivity index (χ2n) is 16.9. The highest BCUT2D eigenvalue weighted by Crippen LogP contribution is 2.43. The number of hydrogen-bond acceptors (Lipinski definition) is 9. The van der Waals surface area contributed by atoms with Crippen molar-refractivity contribution in [1.29, 1.82) is 0 Å². The van der Waals surface area contributed by atoms with E-state index >= 15 is 0 Å². The standard InChI is InChI=1S/C36H57N7O4SSi2/c1-36(2,3)47-35(44)41-15-11-13-27(24-41)32-31(30-14-12-18-48-30)34(43-33(39-32)29(22-38-43)28-21-37-40(4)23-28)42(25-45-16-19-49(5,6)7)26-46-17-20-50(8,9)10/h12,14,18,21-23,27H,11,13,15-17,19-20,24-26H2,1-10H3. The minimum Gasteiger partial charge on any atom is -0.444 e. The smallest absolute Gasteiger partial charge is 0.410 e. The molecule has 1 fully saturated rings. The number of amides is 1. The van der Waals surface area contributed by atoms with Gasteiger partial charge in [0.1, 0.15) is 24.9 Å². The molecular formula is C36H57N7O4SSi2. The first-order valence-corrected chi connectivity index (χ1v) is 26.1. The van der Waals surface area contributed by atoms with Gasteiger partial charge in [0.25, 0.3) is 0 Å². The lowest BCUT2D eigenvalue weighted by atomic mass is 9.91. The number of anilines is 1. The Morgan fingerprint density at radius 1 is 1.02 bits per heavy atom.